The van der Waals surface area contributed by atoms with Crippen molar-refractivity contribution in [2.75, 3.05) is 13.7 Å². The molecule has 1 heterocycles. The first-order valence-electron chi connectivity index (χ1n) is 12.7. The fraction of sp³-hybridized carbons (Fsp3) is 0.172. The molecule has 0 aliphatic heterocycles. The van der Waals surface area contributed by atoms with Gasteiger partial charge < -0.3 is 20.1 Å². The van der Waals surface area contributed by atoms with Gasteiger partial charge in [0.25, 0.3) is 5.91 Å². The van der Waals surface area contributed by atoms with Crippen molar-refractivity contribution in [2.45, 2.75) is 19.2 Å². The largest absolute Gasteiger partial charge is 0.491 e. The lowest BCUT2D eigenvalue weighted by atomic mass is 10.0. The number of aliphatic hydroxyl groups excluding tert-OH is 1. The smallest absolute Gasteiger partial charge is 0.354 e. The number of amides is 1. The van der Waals surface area contributed by atoms with Crippen molar-refractivity contribution in [1.29, 1.82) is 0 Å². The fourth-order valence-electron chi connectivity index (χ4n) is 4.24. The number of hydrazine groups is 1. The first-order valence-corrected chi connectivity index (χ1v) is 12.7. The Labute approximate surface area is 246 Å². The van der Waals surface area contributed by atoms with Gasteiger partial charge >= 0.3 is 11.9 Å². The van der Waals surface area contributed by atoms with E-state index >= 15 is 0 Å². The number of carboxylic acid groups (broad SMARTS) is 2. The van der Waals surface area contributed by atoms with E-state index < -0.39 is 83.0 Å². The summed E-state index contributed by atoms with van der Waals surface area (Å²) in [7, 11) is 0.791. The summed E-state index contributed by atoms with van der Waals surface area (Å²) in [6.07, 6.45) is -1.93. The van der Waals surface area contributed by atoms with Gasteiger partial charge in [-0.3, -0.25) is 14.9 Å². The second-order valence-electron chi connectivity index (χ2n) is 9.38. The average Bonchev–Trinajstić information content (AvgIpc) is 3.44. The molecule has 0 unspecified atom stereocenters. The van der Waals surface area contributed by atoms with Crippen molar-refractivity contribution < 1.29 is 52.0 Å². The summed E-state index contributed by atoms with van der Waals surface area (Å²) in [5.41, 5.74) is 2.16. The number of aliphatic carboxylic acids is 1. The number of nitrogens with one attached hydrogen (secondary N) is 1. The third-order valence-corrected chi connectivity index (χ3v) is 6.43. The van der Waals surface area contributed by atoms with Gasteiger partial charge in [-0.05, 0) is 16.7 Å². The summed E-state index contributed by atoms with van der Waals surface area (Å²) in [5, 5.41) is 33.5. The van der Waals surface area contributed by atoms with Gasteiger partial charge in [0.1, 0.15) is 5.69 Å². The Bertz CT molecular complexity index is 1670. The number of carboxylic acids is 2. The molecule has 3 aromatic carbocycles. The van der Waals surface area contributed by atoms with Crippen molar-refractivity contribution in [2.24, 2.45) is 0 Å². The Hall–Kier alpha value is -5.28. The van der Waals surface area contributed by atoms with Gasteiger partial charge in [-0.2, -0.15) is 13.9 Å². The molecule has 44 heavy (non-hydrogen) atoms. The van der Waals surface area contributed by atoms with E-state index in [-0.39, 0.29) is 6.54 Å². The zero-order valence-electron chi connectivity index (χ0n) is 22.8. The number of aliphatic hydroxyl groups is 1. The molecule has 0 saturated carbocycles. The molecule has 0 radical (unpaired) electrons. The van der Waals surface area contributed by atoms with Crippen LogP contribution in [0.25, 0.3) is 11.1 Å². The van der Waals surface area contributed by atoms with Crippen LogP contribution in [0.2, 0.25) is 0 Å². The molecule has 1 amide bonds. The van der Waals surface area contributed by atoms with Gasteiger partial charge in [-0.25, -0.2) is 23.4 Å². The van der Waals surface area contributed by atoms with Crippen LogP contribution in [0, 0.1) is 23.3 Å². The van der Waals surface area contributed by atoms with E-state index in [1.807, 2.05) is 30.3 Å². The predicted octanol–water partition coefficient (Wildman–Crippen LogP) is 3.45. The maximum Gasteiger partial charge on any atom is 0.354 e. The quantitative estimate of drug-likeness (QED) is 0.106. The minimum absolute atomic E-state index is 0.113. The highest BCUT2D eigenvalue weighted by Crippen LogP contribution is 2.30. The molecule has 230 valence electrons. The van der Waals surface area contributed by atoms with Crippen LogP contribution in [0.1, 0.15) is 32.1 Å². The average molecular weight is 617 g/mol. The molecule has 15 heteroatoms. The van der Waals surface area contributed by atoms with E-state index in [1.165, 1.54) is 0 Å². The van der Waals surface area contributed by atoms with Crippen molar-refractivity contribution >= 4 is 17.8 Å². The molecule has 4 N–H and O–H groups in total. The summed E-state index contributed by atoms with van der Waals surface area (Å²) in [6, 6.07) is 17.2. The standard InChI is InChI=1S/C29H24F4N4O7/c1-44-26-24(32)22(30)18(23(31)25(26)33)13-37-20(28(40)41)11-19(34-37)27(39)35-36(14-21(38)29(42)43)12-15-7-9-17(10-8-15)16-5-3-2-4-6-16/h2-11,21,38H,12-14H2,1H3,(H,35,39)(H,40,41)(H,42,43)/t21-/m1/s1. The summed E-state index contributed by atoms with van der Waals surface area (Å²) in [4.78, 5) is 36.2. The topological polar surface area (TPSA) is 154 Å². The third kappa shape index (κ3) is 6.85. The lowest BCUT2D eigenvalue weighted by Gasteiger charge is -2.24. The normalized spacial score (nSPS) is 11.8. The van der Waals surface area contributed by atoms with Gasteiger partial charge in [0.2, 0.25) is 11.6 Å². The van der Waals surface area contributed by atoms with Crippen molar-refractivity contribution in [1.82, 2.24) is 20.2 Å². The first kappa shape index (κ1) is 31.7. The number of carbonyl (C=O) groups excluding carboxylic acids is 1. The molecular weight excluding hydrogens is 592 g/mol. The highest BCUT2D eigenvalue weighted by molar-refractivity contribution is 5.95. The maximum atomic E-state index is 14.6. The number of ether oxygens (including phenoxy) is 1. The molecule has 0 aliphatic rings. The van der Waals surface area contributed by atoms with Crippen molar-refractivity contribution in [3.05, 3.63) is 106 Å². The molecular formula is C29H24F4N4O7. The zero-order valence-corrected chi connectivity index (χ0v) is 22.8. The van der Waals surface area contributed by atoms with Crippen molar-refractivity contribution in [3.63, 3.8) is 0 Å². The molecule has 1 aromatic heterocycles. The number of benzene rings is 3. The van der Waals surface area contributed by atoms with Crippen LogP contribution in [-0.4, -0.2) is 67.7 Å². The van der Waals surface area contributed by atoms with Crippen LogP contribution in [0.15, 0.2) is 60.7 Å². The summed E-state index contributed by atoms with van der Waals surface area (Å²) in [5.74, 6) is -13.1. The Kier molecular flexibility index (Phi) is 9.60. The highest BCUT2D eigenvalue weighted by atomic mass is 19.2. The van der Waals surface area contributed by atoms with Gasteiger partial charge in [0.15, 0.2) is 29.2 Å². The Morgan fingerprint density at radius 1 is 0.932 bits per heavy atom. The minimum atomic E-state index is -1.93. The van der Waals surface area contributed by atoms with Gasteiger partial charge in [0.05, 0.1) is 25.8 Å². The number of aromatic carboxylic acids is 1. The van der Waals surface area contributed by atoms with E-state index in [9.17, 15) is 47.3 Å². The molecule has 11 nitrogen and oxygen atoms in total. The van der Waals surface area contributed by atoms with Crippen LogP contribution in [0.5, 0.6) is 5.75 Å². The third-order valence-electron chi connectivity index (χ3n) is 6.43. The molecule has 0 spiro atoms. The van der Waals surface area contributed by atoms with Crippen LogP contribution in [0.3, 0.4) is 0 Å². The first-order chi connectivity index (χ1) is 20.9. The number of methoxy groups -OCH3 is 1. The molecule has 4 aromatic rings. The van der Waals surface area contributed by atoms with E-state index in [2.05, 4.69) is 15.3 Å². The van der Waals surface area contributed by atoms with E-state index in [1.54, 1.807) is 24.3 Å². The second kappa shape index (κ2) is 13.4. The predicted molar refractivity (Wildman–Crippen MR) is 145 cm³/mol. The zero-order chi connectivity index (χ0) is 32.1. The summed E-state index contributed by atoms with van der Waals surface area (Å²) in [6.45, 7) is -1.84. The fourth-order valence-corrected chi connectivity index (χ4v) is 4.24. The summed E-state index contributed by atoms with van der Waals surface area (Å²) < 4.78 is 62.3. The number of hydrogen-bond donors (Lipinski definition) is 4. The minimum Gasteiger partial charge on any atom is -0.491 e. The van der Waals surface area contributed by atoms with Crippen molar-refractivity contribution in [3.8, 4) is 16.9 Å². The second-order valence-corrected chi connectivity index (χ2v) is 9.38. The monoisotopic (exact) mass is 616 g/mol. The number of hydrogen-bond acceptors (Lipinski definition) is 7. The molecule has 0 saturated heterocycles. The highest BCUT2D eigenvalue weighted by Gasteiger charge is 2.29. The van der Waals surface area contributed by atoms with Gasteiger partial charge in [-0.15, -0.1) is 0 Å². The number of halogens is 4. The van der Waals surface area contributed by atoms with Crippen LogP contribution >= 0.6 is 0 Å². The van der Waals surface area contributed by atoms with E-state index in [0.717, 1.165) is 29.3 Å². The number of carbonyl (C=O) groups is 3. The van der Waals surface area contributed by atoms with Gasteiger partial charge in [-0.1, -0.05) is 54.6 Å². The lowest BCUT2D eigenvalue weighted by molar-refractivity contribution is -0.148. The van der Waals surface area contributed by atoms with Crippen LogP contribution < -0.4 is 10.2 Å². The lowest BCUT2D eigenvalue weighted by Crippen LogP contribution is -2.47. The SMILES string of the molecule is COc1c(F)c(F)c(Cn2nc(C(=O)NN(Cc3ccc(-c4ccccc4)cc3)C[C@@H](O)C(=O)O)cc2C(=O)O)c(F)c1F. The summed E-state index contributed by atoms with van der Waals surface area (Å²) >= 11 is 0. The number of aromatic nitrogens is 2. The Morgan fingerprint density at radius 3 is 2.07 bits per heavy atom. The molecule has 0 bridgehead atoms. The van der Waals surface area contributed by atoms with Crippen LogP contribution in [0.4, 0.5) is 17.6 Å². The number of nitrogens with zero attached hydrogens (tertiary/aromatic N) is 3. The molecule has 0 aliphatic carbocycles. The number of rotatable bonds is 12. The molecule has 4 rings (SSSR count). The Morgan fingerprint density at radius 2 is 1.52 bits per heavy atom. The van der Waals surface area contributed by atoms with Gasteiger partial charge in [0, 0.05) is 12.6 Å². The molecule has 1 atom stereocenters. The van der Waals surface area contributed by atoms with E-state index in [0.29, 0.717) is 10.2 Å². The molecule has 0 fully saturated rings. The maximum absolute atomic E-state index is 14.6. The Balaban J connectivity index is 1.59. The van der Waals surface area contributed by atoms with Crippen LogP contribution in [-0.2, 0) is 17.9 Å². The van der Waals surface area contributed by atoms with E-state index in [4.69, 9.17) is 0 Å².